The summed E-state index contributed by atoms with van der Waals surface area (Å²) >= 11 is 0. The third-order valence-electron chi connectivity index (χ3n) is 0.788. The molecule has 0 saturated heterocycles. The van der Waals surface area contributed by atoms with E-state index in [0.29, 0.717) is 0 Å². The summed E-state index contributed by atoms with van der Waals surface area (Å²) in [5.74, 6) is -0.793. The zero-order chi connectivity index (χ0) is 5.98. The Kier molecular flexibility index (Phi) is 1.12. The van der Waals surface area contributed by atoms with Gasteiger partial charge in [0.25, 0.3) is 11.8 Å². The third-order valence-corrected chi connectivity index (χ3v) is 0.788. The van der Waals surface area contributed by atoms with Crippen LogP contribution in [0.25, 0.3) is 0 Å². The molecule has 0 aromatic heterocycles. The van der Waals surface area contributed by atoms with E-state index in [1.165, 1.54) is 12.2 Å². The van der Waals surface area contributed by atoms with Gasteiger partial charge in [0, 0.05) is 12.5 Å². The van der Waals surface area contributed by atoms with Gasteiger partial charge in [0.05, 0.1) is 0 Å². The van der Waals surface area contributed by atoms with Gasteiger partial charge in [-0.25, -0.2) is 0 Å². The average Bonchev–Trinajstić information content (AvgIpc) is 1.64. The molecule has 0 spiro atoms. The molecule has 0 unspecified atom stereocenters. The smallest absolute Gasteiger partial charge is 0.272 e. The lowest BCUT2D eigenvalue weighted by molar-refractivity contribution is -0.128. The van der Waals surface area contributed by atoms with Crippen molar-refractivity contribution < 1.29 is 9.59 Å². The van der Waals surface area contributed by atoms with Crippen molar-refractivity contribution in [1.29, 1.82) is 0 Å². The molecular formula is C5H4NO2. The molecule has 0 aromatic carbocycles. The molecule has 0 fully saturated rings. The van der Waals surface area contributed by atoms with Crippen LogP contribution in [0.1, 0.15) is 6.42 Å². The summed E-state index contributed by atoms with van der Waals surface area (Å²) in [4.78, 5) is 20.4. The number of carbonyl (C=O) groups excluding carboxylic acids is 2. The first-order chi connectivity index (χ1) is 3.79. The summed E-state index contributed by atoms with van der Waals surface area (Å²) in [6, 6.07) is 0. The number of rotatable bonds is 0. The van der Waals surface area contributed by atoms with Gasteiger partial charge in [-0.3, -0.25) is 9.59 Å². The summed E-state index contributed by atoms with van der Waals surface area (Å²) in [5, 5.41) is 3.12. The van der Waals surface area contributed by atoms with Crippen molar-refractivity contribution in [2.45, 2.75) is 6.42 Å². The fraction of sp³-hybridized carbons (Fsp3) is 0.200. The zero-order valence-corrected chi connectivity index (χ0v) is 4.13. The second kappa shape index (κ2) is 1.78. The fourth-order valence-corrected chi connectivity index (χ4v) is 0.466. The molecule has 0 aromatic rings. The lowest BCUT2D eigenvalue weighted by Crippen LogP contribution is -2.23. The second-order valence-corrected chi connectivity index (χ2v) is 1.45. The lowest BCUT2D eigenvalue weighted by Gasteiger charge is -1.97. The van der Waals surface area contributed by atoms with Crippen LogP contribution in [0.4, 0.5) is 0 Å². The quantitative estimate of drug-likeness (QED) is 0.398. The van der Waals surface area contributed by atoms with Crippen LogP contribution in [0.2, 0.25) is 0 Å². The van der Waals surface area contributed by atoms with Crippen molar-refractivity contribution in [1.82, 2.24) is 5.32 Å². The van der Waals surface area contributed by atoms with Gasteiger partial charge in [-0.2, -0.15) is 5.32 Å². The Morgan fingerprint density at radius 2 is 2.25 bits per heavy atom. The van der Waals surface area contributed by atoms with E-state index in [-0.39, 0.29) is 12.3 Å². The van der Waals surface area contributed by atoms with Gasteiger partial charge in [0.1, 0.15) is 0 Å². The van der Waals surface area contributed by atoms with Crippen LogP contribution in [0.3, 0.4) is 0 Å². The van der Waals surface area contributed by atoms with Crippen molar-refractivity contribution in [3.63, 3.8) is 0 Å². The molecule has 1 rings (SSSR count). The van der Waals surface area contributed by atoms with E-state index in [9.17, 15) is 9.59 Å². The molecule has 0 saturated carbocycles. The molecule has 1 radical (unpaired) electrons. The number of imide groups is 1. The molecule has 1 aliphatic rings. The molecule has 2 amide bonds. The summed E-state index contributed by atoms with van der Waals surface area (Å²) in [5.41, 5.74) is 0. The number of carbonyl (C=O) groups is 2. The molecule has 8 heavy (non-hydrogen) atoms. The van der Waals surface area contributed by atoms with Crippen molar-refractivity contribution >= 4 is 11.8 Å². The van der Waals surface area contributed by atoms with E-state index in [4.69, 9.17) is 0 Å². The van der Waals surface area contributed by atoms with E-state index in [1.54, 1.807) is 0 Å². The predicted molar refractivity (Wildman–Crippen MR) is 25.9 cm³/mol. The normalized spacial score (nSPS) is 18.5. The monoisotopic (exact) mass is 110 g/mol. The van der Waals surface area contributed by atoms with E-state index < -0.39 is 5.91 Å². The Morgan fingerprint density at radius 1 is 1.50 bits per heavy atom. The Morgan fingerprint density at radius 3 is 2.62 bits per heavy atom. The van der Waals surface area contributed by atoms with Gasteiger partial charge >= 0.3 is 0 Å². The molecule has 0 bridgehead atoms. The zero-order valence-electron chi connectivity index (χ0n) is 4.13. The van der Waals surface area contributed by atoms with Gasteiger partial charge < -0.3 is 0 Å². The minimum Gasteiger partial charge on any atom is -0.272 e. The molecule has 1 aliphatic heterocycles. The van der Waals surface area contributed by atoms with E-state index >= 15 is 0 Å². The van der Waals surface area contributed by atoms with Crippen molar-refractivity contribution in [2.24, 2.45) is 0 Å². The second-order valence-electron chi connectivity index (χ2n) is 1.45. The molecule has 41 valence electrons. The Hall–Kier alpha value is -1.12. The molecule has 0 N–H and O–H groups in total. The topological polar surface area (TPSA) is 48.2 Å². The van der Waals surface area contributed by atoms with Crippen molar-refractivity contribution in [3.05, 3.63) is 12.2 Å². The number of amides is 2. The maximum absolute atomic E-state index is 10.2. The van der Waals surface area contributed by atoms with Crippen molar-refractivity contribution in [2.75, 3.05) is 0 Å². The summed E-state index contributed by atoms with van der Waals surface area (Å²) in [6.07, 6.45) is 3.07. The first-order valence-corrected chi connectivity index (χ1v) is 2.24. The maximum atomic E-state index is 10.2. The number of nitrogens with zero attached hydrogens (tertiary/aromatic N) is 1. The third kappa shape index (κ3) is 0.932. The summed E-state index contributed by atoms with van der Waals surface area (Å²) in [6.45, 7) is 0. The highest BCUT2D eigenvalue weighted by Gasteiger charge is 2.09. The van der Waals surface area contributed by atoms with Gasteiger partial charge in [0.2, 0.25) is 0 Å². The predicted octanol–water partition coefficient (Wildman–Crippen LogP) is -0.396. The minimum absolute atomic E-state index is 0.270. The van der Waals surface area contributed by atoms with Crippen LogP contribution in [-0.4, -0.2) is 11.8 Å². The average molecular weight is 110 g/mol. The molecule has 1 heterocycles. The molecule has 0 atom stereocenters. The van der Waals surface area contributed by atoms with E-state index in [1.807, 2.05) is 0 Å². The highest BCUT2D eigenvalue weighted by molar-refractivity contribution is 6.03. The Labute approximate surface area is 46.4 Å². The molecule has 3 nitrogen and oxygen atoms in total. The highest BCUT2D eigenvalue weighted by Crippen LogP contribution is 1.91. The van der Waals surface area contributed by atoms with Crippen LogP contribution >= 0.6 is 0 Å². The maximum Gasteiger partial charge on any atom is 0.272 e. The summed E-state index contributed by atoms with van der Waals surface area (Å²) in [7, 11) is 0. The standard InChI is InChI=1S/C5H4NO2/c7-4-2-1-3-5(8)6-4/h1-2H,3H2. The molecule has 3 heteroatoms. The molecular weight excluding hydrogens is 106 g/mol. The van der Waals surface area contributed by atoms with Crippen LogP contribution in [0, 0.1) is 0 Å². The highest BCUT2D eigenvalue weighted by atomic mass is 16.2. The summed E-state index contributed by atoms with van der Waals surface area (Å²) < 4.78 is 0. The fourth-order valence-electron chi connectivity index (χ4n) is 0.466. The number of hydrogen-bond donors (Lipinski definition) is 0. The van der Waals surface area contributed by atoms with Crippen LogP contribution in [0.15, 0.2) is 12.2 Å². The van der Waals surface area contributed by atoms with Crippen molar-refractivity contribution in [3.8, 4) is 0 Å². The van der Waals surface area contributed by atoms with Gasteiger partial charge in [-0.15, -0.1) is 0 Å². The van der Waals surface area contributed by atoms with Gasteiger partial charge in [-0.1, -0.05) is 6.08 Å². The molecule has 0 aliphatic carbocycles. The first-order valence-electron chi connectivity index (χ1n) is 2.24. The van der Waals surface area contributed by atoms with Gasteiger partial charge in [-0.05, 0) is 0 Å². The van der Waals surface area contributed by atoms with Crippen LogP contribution in [-0.2, 0) is 9.59 Å². The van der Waals surface area contributed by atoms with Crippen LogP contribution < -0.4 is 5.32 Å². The largest absolute Gasteiger partial charge is 0.272 e. The van der Waals surface area contributed by atoms with Gasteiger partial charge in [0.15, 0.2) is 0 Å². The van der Waals surface area contributed by atoms with E-state index in [2.05, 4.69) is 5.32 Å². The SMILES string of the molecule is O=C1C=CCC(=O)[N]1. The van der Waals surface area contributed by atoms with E-state index in [0.717, 1.165) is 0 Å². The Bertz CT molecular complexity index is 160. The van der Waals surface area contributed by atoms with Crippen LogP contribution in [0.5, 0.6) is 0 Å². The first kappa shape index (κ1) is 5.03. The minimum atomic E-state index is -0.443. The Balaban J connectivity index is 2.68. The number of hydrogen-bond acceptors (Lipinski definition) is 2. The lowest BCUT2D eigenvalue weighted by atomic mass is 10.3.